The molecule has 0 saturated carbocycles. The van der Waals surface area contributed by atoms with E-state index in [9.17, 15) is 0 Å². The van der Waals surface area contributed by atoms with Crippen molar-refractivity contribution in [2.75, 3.05) is 31.1 Å². The maximum absolute atomic E-state index is 4.51. The van der Waals surface area contributed by atoms with Crippen LogP contribution in [0, 0.1) is 0 Å². The zero-order valence-corrected chi connectivity index (χ0v) is 13.6. The van der Waals surface area contributed by atoms with E-state index in [1.54, 1.807) is 0 Å². The molecule has 3 heterocycles. The molecule has 1 saturated heterocycles. The van der Waals surface area contributed by atoms with Crippen LogP contribution >= 0.6 is 0 Å². The molecule has 1 aliphatic heterocycles. The molecule has 0 radical (unpaired) electrons. The number of nitrogens with zero attached hydrogens (tertiary/aromatic N) is 7. The monoisotopic (exact) mass is 323 g/mol. The lowest BCUT2D eigenvalue weighted by atomic mass is 10.2. The van der Waals surface area contributed by atoms with E-state index < -0.39 is 0 Å². The molecule has 1 aliphatic rings. The van der Waals surface area contributed by atoms with Crippen molar-refractivity contribution in [3.8, 4) is 0 Å². The van der Waals surface area contributed by atoms with E-state index in [0.717, 1.165) is 51.4 Å². The molecule has 3 aromatic rings. The Morgan fingerprint density at radius 3 is 2.46 bits per heavy atom. The van der Waals surface area contributed by atoms with Gasteiger partial charge in [0.25, 0.3) is 0 Å². The maximum atomic E-state index is 4.51. The fraction of sp³-hybridized carbons (Fsp3) is 0.412. The summed E-state index contributed by atoms with van der Waals surface area (Å²) in [6.45, 7) is 5.27. The van der Waals surface area contributed by atoms with Gasteiger partial charge in [-0.15, -0.1) is 14.8 Å². The molecule has 0 N–H and O–H groups in total. The van der Waals surface area contributed by atoms with Crippen molar-refractivity contribution in [1.82, 2.24) is 30.2 Å². The third-order valence-corrected chi connectivity index (χ3v) is 4.43. The van der Waals surface area contributed by atoms with Crippen LogP contribution in [0.2, 0.25) is 0 Å². The number of tetrazole rings is 1. The number of benzene rings is 1. The number of hydrogen-bond acceptors (Lipinski definition) is 6. The van der Waals surface area contributed by atoms with Crippen LogP contribution in [-0.2, 0) is 6.54 Å². The van der Waals surface area contributed by atoms with Gasteiger partial charge in [-0.1, -0.05) is 30.3 Å². The molecule has 1 aromatic carbocycles. The summed E-state index contributed by atoms with van der Waals surface area (Å²) in [5.74, 6) is 0.950. The minimum atomic E-state index is 0.680. The van der Waals surface area contributed by atoms with Crippen LogP contribution in [0.3, 0.4) is 0 Å². The van der Waals surface area contributed by atoms with E-state index >= 15 is 0 Å². The van der Waals surface area contributed by atoms with Crippen molar-refractivity contribution in [3.63, 3.8) is 0 Å². The highest BCUT2D eigenvalue weighted by Gasteiger charge is 2.15. The quantitative estimate of drug-likeness (QED) is 0.730. The van der Waals surface area contributed by atoms with Crippen LogP contribution < -0.4 is 4.90 Å². The summed E-state index contributed by atoms with van der Waals surface area (Å²) >= 11 is 0. The largest absolute Gasteiger partial charge is 0.355 e. The first-order chi connectivity index (χ1) is 11.9. The van der Waals surface area contributed by atoms with Crippen molar-refractivity contribution >= 4 is 11.5 Å². The molecule has 0 unspecified atom stereocenters. The van der Waals surface area contributed by atoms with Crippen LogP contribution in [0.25, 0.3) is 5.65 Å². The van der Waals surface area contributed by atoms with Gasteiger partial charge in [0.15, 0.2) is 11.5 Å². The summed E-state index contributed by atoms with van der Waals surface area (Å²) < 4.78 is 1.50. The zero-order valence-electron chi connectivity index (χ0n) is 13.6. The van der Waals surface area contributed by atoms with Gasteiger partial charge < -0.3 is 4.90 Å². The van der Waals surface area contributed by atoms with Crippen LogP contribution in [0.4, 0.5) is 5.82 Å². The molecule has 4 rings (SSSR count). The number of anilines is 1. The second kappa shape index (κ2) is 6.92. The first-order valence-electron chi connectivity index (χ1n) is 8.45. The van der Waals surface area contributed by atoms with Crippen molar-refractivity contribution < 1.29 is 0 Å². The Kier molecular flexibility index (Phi) is 4.33. The molecule has 24 heavy (non-hydrogen) atoms. The number of fused-ring (bicyclic) bond motifs is 1. The summed E-state index contributed by atoms with van der Waals surface area (Å²) in [5.41, 5.74) is 2.07. The summed E-state index contributed by atoms with van der Waals surface area (Å²) in [6.07, 6.45) is 2.25. The van der Waals surface area contributed by atoms with E-state index in [1.807, 2.05) is 12.1 Å². The summed E-state index contributed by atoms with van der Waals surface area (Å²) in [6, 6.07) is 14.6. The zero-order chi connectivity index (χ0) is 16.2. The Morgan fingerprint density at radius 1 is 0.875 bits per heavy atom. The highest BCUT2D eigenvalue weighted by Crippen LogP contribution is 2.15. The van der Waals surface area contributed by atoms with E-state index in [4.69, 9.17) is 0 Å². The Labute approximate surface area is 140 Å². The van der Waals surface area contributed by atoms with E-state index in [1.165, 1.54) is 10.2 Å². The Balaban J connectivity index is 1.38. The average molecular weight is 323 g/mol. The minimum Gasteiger partial charge on any atom is -0.355 e. The van der Waals surface area contributed by atoms with E-state index in [2.05, 4.69) is 60.8 Å². The molecule has 0 atom stereocenters. The molecule has 0 amide bonds. The lowest BCUT2D eigenvalue weighted by molar-refractivity contribution is 0.251. The van der Waals surface area contributed by atoms with Gasteiger partial charge in [-0.2, -0.15) is 0 Å². The van der Waals surface area contributed by atoms with Gasteiger partial charge in [-0.3, -0.25) is 4.90 Å². The first-order valence-corrected chi connectivity index (χ1v) is 8.45. The van der Waals surface area contributed by atoms with Crippen molar-refractivity contribution in [3.05, 3.63) is 48.0 Å². The van der Waals surface area contributed by atoms with Gasteiger partial charge in [0.2, 0.25) is 0 Å². The lowest BCUT2D eigenvalue weighted by Gasteiger charge is -2.30. The Hall–Kier alpha value is -2.54. The lowest BCUT2D eigenvalue weighted by Crippen LogP contribution is -2.37. The second-order valence-electron chi connectivity index (χ2n) is 6.17. The van der Waals surface area contributed by atoms with Crippen molar-refractivity contribution in [1.29, 1.82) is 0 Å². The number of aromatic nitrogens is 5. The third kappa shape index (κ3) is 3.35. The highest BCUT2D eigenvalue weighted by molar-refractivity contribution is 5.44. The van der Waals surface area contributed by atoms with Gasteiger partial charge >= 0.3 is 0 Å². The fourth-order valence-electron chi connectivity index (χ4n) is 3.23. The first kappa shape index (κ1) is 15.0. The predicted octanol–water partition coefficient (Wildman–Crippen LogP) is 1.62. The average Bonchev–Trinajstić information content (AvgIpc) is 3.06. The van der Waals surface area contributed by atoms with E-state index in [0.29, 0.717) is 5.65 Å². The van der Waals surface area contributed by atoms with Crippen molar-refractivity contribution in [2.24, 2.45) is 0 Å². The molecule has 0 bridgehead atoms. The SMILES string of the molecule is c1ccc(CN2CCCN(c3ccc4nnnn4n3)CCC2)cc1. The summed E-state index contributed by atoms with van der Waals surface area (Å²) in [5, 5.41) is 15.9. The molecule has 0 aliphatic carbocycles. The summed E-state index contributed by atoms with van der Waals surface area (Å²) in [7, 11) is 0. The van der Waals surface area contributed by atoms with Crippen molar-refractivity contribution in [2.45, 2.75) is 19.4 Å². The van der Waals surface area contributed by atoms with Gasteiger partial charge in [0.05, 0.1) is 0 Å². The number of rotatable bonds is 3. The normalized spacial score (nSPS) is 16.9. The van der Waals surface area contributed by atoms with Crippen LogP contribution in [-0.4, -0.2) is 56.3 Å². The standard InChI is InChI=1S/C17H21N7/c1-2-6-15(7-3-1)14-22-10-4-12-23(13-5-11-22)17-9-8-16-18-20-21-24(16)19-17/h1-3,6-9H,4-5,10-14H2. The molecule has 7 nitrogen and oxygen atoms in total. The third-order valence-electron chi connectivity index (χ3n) is 4.43. The highest BCUT2D eigenvalue weighted by atomic mass is 15.6. The van der Waals surface area contributed by atoms with Gasteiger partial charge in [-0.05, 0) is 41.0 Å². The maximum Gasteiger partial charge on any atom is 0.200 e. The smallest absolute Gasteiger partial charge is 0.200 e. The molecular weight excluding hydrogens is 302 g/mol. The molecule has 124 valence electrons. The Morgan fingerprint density at radius 2 is 1.67 bits per heavy atom. The number of hydrogen-bond donors (Lipinski definition) is 0. The Bertz CT molecular complexity index is 776. The molecule has 0 spiro atoms. The molecule has 2 aromatic heterocycles. The van der Waals surface area contributed by atoms with Gasteiger partial charge in [0.1, 0.15) is 0 Å². The minimum absolute atomic E-state index is 0.680. The second-order valence-corrected chi connectivity index (χ2v) is 6.17. The molecular formula is C17H21N7. The van der Waals surface area contributed by atoms with Gasteiger partial charge in [-0.25, -0.2) is 0 Å². The van der Waals surface area contributed by atoms with Crippen LogP contribution in [0.15, 0.2) is 42.5 Å². The molecule has 7 heteroatoms. The van der Waals surface area contributed by atoms with Gasteiger partial charge in [0, 0.05) is 32.7 Å². The summed E-state index contributed by atoms with van der Waals surface area (Å²) in [4.78, 5) is 4.88. The predicted molar refractivity (Wildman–Crippen MR) is 91.7 cm³/mol. The topological polar surface area (TPSA) is 62.5 Å². The van der Waals surface area contributed by atoms with Crippen LogP contribution in [0.5, 0.6) is 0 Å². The molecule has 1 fully saturated rings. The van der Waals surface area contributed by atoms with E-state index in [-0.39, 0.29) is 0 Å². The van der Waals surface area contributed by atoms with Crippen LogP contribution in [0.1, 0.15) is 18.4 Å². The fourth-order valence-corrected chi connectivity index (χ4v) is 3.23.